The highest BCUT2D eigenvalue weighted by molar-refractivity contribution is 7.99. The number of methoxy groups -OCH3 is 1. The molecule has 4 rings (SSSR count). The van der Waals surface area contributed by atoms with E-state index < -0.39 is 0 Å². The van der Waals surface area contributed by atoms with Gasteiger partial charge in [0.25, 0.3) is 5.56 Å². The third-order valence-corrected chi connectivity index (χ3v) is 5.31. The second-order valence-corrected chi connectivity index (χ2v) is 7.01. The van der Waals surface area contributed by atoms with Gasteiger partial charge < -0.3 is 4.74 Å². The third kappa shape index (κ3) is 2.84. The summed E-state index contributed by atoms with van der Waals surface area (Å²) in [4.78, 5) is 12.5. The first kappa shape index (κ1) is 16.7. The van der Waals surface area contributed by atoms with Gasteiger partial charge in [-0.3, -0.25) is 13.8 Å². The number of thioether (sulfide) groups is 1. The number of hydrogen-bond acceptors (Lipinski definition) is 5. The Balaban J connectivity index is 1.63. The van der Waals surface area contributed by atoms with Crippen LogP contribution in [-0.2, 0) is 13.5 Å². The van der Waals surface area contributed by atoms with Crippen LogP contribution < -0.4 is 10.3 Å². The van der Waals surface area contributed by atoms with Crippen molar-refractivity contribution in [1.29, 1.82) is 0 Å². The highest BCUT2D eigenvalue weighted by Gasteiger charge is 2.14. The lowest BCUT2D eigenvalue weighted by Gasteiger charge is -2.07. The molecule has 4 aromatic rings. The molecule has 0 aliphatic carbocycles. The lowest BCUT2D eigenvalue weighted by atomic mass is 10.2. The van der Waals surface area contributed by atoms with E-state index in [2.05, 4.69) is 22.3 Å². The SMILES string of the molecule is COc1ccc(CCSc2nnc3n(C)c(=O)c4ccccc4n23)cc1. The molecule has 7 heteroatoms. The lowest BCUT2D eigenvalue weighted by Crippen LogP contribution is -2.20. The van der Waals surface area contributed by atoms with E-state index in [9.17, 15) is 4.79 Å². The first-order valence-electron chi connectivity index (χ1n) is 8.27. The van der Waals surface area contributed by atoms with E-state index in [1.165, 1.54) is 5.56 Å². The third-order valence-electron chi connectivity index (χ3n) is 4.38. The first-order valence-corrected chi connectivity index (χ1v) is 9.26. The monoisotopic (exact) mass is 366 g/mol. The van der Waals surface area contributed by atoms with E-state index in [4.69, 9.17) is 4.74 Å². The molecule has 0 atom stereocenters. The van der Waals surface area contributed by atoms with Crippen LogP contribution in [0.1, 0.15) is 5.56 Å². The Bertz CT molecular complexity index is 1130. The molecule has 0 spiro atoms. The Morgan fingerprint density at radius 1 is 1.08 bits per heavy atom. The molecule has 0 radical (unpaired) electrons. The number of para-hydroxylation sites is 1. The smallest absolute Gasteiger partial charge is 0.262 e. The summed E-state index contributed by atoms with van der Waals surface area (Å²) in [5.41, 5.74) is 2.02. The summed E-state index contributed by atoms with van der Waals surface area (Å²) in [5.74, 6) is 2.28. The van der Waals surface area contributed by atoms with Gasteiger partial charge in [-0.05, 0) is 36.2 Å². The van der Waals surface area contributed by atoms with Crippen molar-refractivity contribution in [2.75, 3.05) is 12.9 Å². The minimum Gasteiger partial charge on any atom is -0.497 e. The van der Waals surface area contributed by atoms with Gasteiger partial charge in [-0.2, -0.15) is 0 Å². The molecule has 0 unspecified atom stereocenters. The molecule has 132 valence electrons. The fraction of sp³-hybridized carbons (Fsp3) is 0.211. The van der Waals surface area contributed by atoms with Crippen LogP contribution in [0.5, 0.6) is 5.75 Å². The zero-order valence-corrected chi connectivity index (χ0v) is 15.4. The zero-order chi connectivity index (χ0) is 18.1. The van der Waals surface area contributed by atoms with Crippen LogP contribution in [0.15, 0.2) is 58.5 Å². The number of hydrogen-bond donors (Lipinski definition) is 0. The van der Waals surface area contributed by atoms with Gasteiger partial charge >= 0.3 is 0 Å². The van der Waals surface area contributed by atoms with E-state index in [1.54, 1.807) is 30.5 Å². The van der Waals surface area contributed by atoms with Crippen LogP contribution >= 0.6 is 11.8 Å². The van der Waals surface area contributed by atoms with Gasteiger partial charge in [0.2, 0.25) is 5.78 Å². The molecule has 0 saturated heterocycles. The van der Waals surface area contributed by atoms with Crippen LogP contribution in [0.2, 0.25) is 0 Å². The van der Waals surface area contributed by atoms with Crippen LogP contribution in [0, 0.1) is 0 Å². The van der Waals surface area contributed by atoms with Crippen molar-refractivity contribution >= 4 is 28.4 Å². The van der Waals surface area contributed by atoms with Crippen LogP contribution in [0.3, 0.4) is 0 Å². The van der Waals surface area contributed by atoms with Crippen LogP contribution in [-0.4, -0.2) is 32.0 Å². The molecule has 6 nitrogen and oxygen atoms in total. The van der Waals surface area contributed by atoms with Gasteiger partial charge in [0.05, 0.1) is 18.0 Å². The maximum atomic E-state index is 12.5. The first-order chi connectivity index (χ1) is 12.7. The van der Waals surface area contributed by atoms with Crippen molar-refractivity contribution in [3.63, 3.8) is 0 Å². The highest BCUT2D eigenvalue weighted by atomic mass is 32.2. The number of aromatic nitrogens is 4. The molecule has 0 aliphatic heterocycles. The van der Waals surface area contributed by atoms with Gasteiger partial charge in [-0.1, -0.05) is 36.0 Å². The Labute approximate surface area is 154 Å². The predicted octanol–water partition coefficient (Wildman–Crippen LogP) is 2.92. The summed E-state index contributed by atoms with van der Waals surface area (Å²) in [6.07, 6.45) is 0.910. The van der Waals surface area contributed by atoms with E-state index in [0.717, 1.165) is 28.6 Å². The average Bonchev–Trinajstić information content (AvgIpc) is 3.11. The van der Waals surface area contributed by atoms with Crippen molar-refractivity contribution in [3.8, 4) is 5.75 Å². The average molecular weight is 366 g/mol. The lowest BCUT2D eigenvalue weighted by molar-refractivity contribution is 0.414. The molecule has 0 bridgehead atoms. The summed E-state index contributed by atoms with van der Waals surface area (Å²) in [5, 5.41) is 9.98. The fourth-order valence-electron chi connectivity index (χ4n) is 2.96. The molecule has 2 aromatic carbocycles. The van der Waals surface area contributed by atoms with Crippen molar-refractivity contribution in [3.05, 3.63) is 64.4 Å². The number of aryl methyl sites for hydroxylation is 2. The fourth-order valence-corrected chi connectivity index (χ4v) is 3.89. The molecule has 0 N–H and O–H groups in total. The van der Waals surface area contributed by atoms with Crippen molar-refractivity contribution < 1.29 is 4.74 Å². The van der Waals surface area contributed by atoms with Crippen molar-refractivity contribution in [2.24, 2.45) is 7.05 Å². The second kappa shape index (κ2) is 6.84. The Kier molecular flexibility index (Phi) is 4.38. The van der Waals surface area contributed by atoms with Gasteiger partial charge in [-0.15, -0.1) is 10.2 Å². The number of fused-ring (bicyclic) bond motifs is 3. The summed E-state index contributed by atoms with van der Waals surface area (Å²) < 4.78 is 8.69. The highest BCUT2D eigenvalue weighted by Crippen LogP contribution is 2.22. The minimum atomic E-state index is -0.0599. The molecule has 2 aromatic heterocycles. The van der Waals surface area contributed by atoms with Gasteiger partial charge in [0, 0.05) is 12.8 Å². The van der Waals surface area contributed by atoms with E-state index >= 15 is 0 Å². The molecule has 0 amide bonds. The summed E-state index contributed by atoms with van der Waals surface area (Å²) in [6, 6.07) is 15.6. The Hall–Kier alpha value is -2.80. The van der Waals surface area contributed by atoms with Crippen molar-refractivity contribution in [1.82, 2.24) is 19.2 Å². The van der Waals surface area contributed by atoms with Gasteiger partial charge in [0.15, 0.2) is 5.16 Å². The molecule has 26 heavy (non-hydrogen) atoms. The largest absolute Gasteiger partial charge is 0.497 e. The molecule has 2 heterocycles. The predicted molar refractivity (Wildman–Crippen MR) is 103 cm³/mol. The number of ether oxygens (including phenoxy) is 1. The zero-order valence-electron chi connectivity index (χ0n) is 14.5. The normalized spacial score (nSPS) is 11.3. The maximum absolute atomic E-state index is 12.5. The number of benzene rings is 2. The number of nitrogens with zero attached hydrogens (tertiary/aromatic N) is 4. The maximum Gasteiger partial charge on any atom is 0.262 e. The number of rotatable bonds is 5. The van der Waals surface area contributed by atoms with Crippen LogP contribution in [0.25, 0.3) is 16.7 Å². The molecular formula is C19H18N4O2S. The Morgan fingerprint density at radius 2 is 1.85 bits per heavy atom. The standard InChI is InChI=1S/C19H18N4O2S/c1-22-17(24)15-5-3-4-6-16(15)23-18(22)20-21-19(23)26-12-11-13-7-9-14(25-2)10-8-13/h3-10H,11-12H2,1-2H3. The summed E-state index contributed by atoms with van der Waals surface area (Å²) >= 11 is 1.63. The van der Waals surface area contributed by atoms with E-state index in [-0.39, 0.29) is 5.56 Å². The second-order valence-electron chi connectivity index (χ2n) is 5.95. The molecule has 0 fully saturated rings. The topological polar surface area (TPSA) is 61.4 Å². The van der Waals surface area contributed by atoms with E-state index in [0.29, 0.717) is 11.2 Å². The minimum absolute atomic E-state index is 0.0599. The summed E-state index contributed by atoms with van der Waals surface area (Å²) in [6.45, 7) is 0. The quantitative estimate of drug-likeness (QED) is 0.508. The molecule has 0 saturated carbocycles. The molecule has 0 aliphatic rings. The molecular weight excluding hydrogens is 348 g/mol. The van der Waals surface area contributed by atoms with Crippen molar-refractivity contribution in [2.45, 2.75) is 11.6 Å². The van der Waals surface area contributed by atoms with Crippen LogP contribution in [0.4, 0.5) is 0 Å². The van der Waals surface area contributed by atoms with Gasteiger partial charge in [0.1, 0.15) is 5.75 Å². The Morgan fingerprint density at radius 3 is 2.62 bits per heavy atom. The van der Waals surface area contributed by atoms with E-state index in [1.807, 2.05) is 40.8 Å². The summed E-state index contributed by atoms with van der Waals surface area (Å²) in [7, 11) is 3.39. The van der Waals surface area contributed by atoms with Gasteiger partial charge in [-0.25, -0.2) is 0 Å².